The smallest absolute Gasteiger partial charge is 0.00206 e. The summed E-state index contributed by atoms with van der Waals surface area (Å²) in [6, 6.07) is 49.6. The lowest BCUT2D eigenvalue weighted by Gasteiger charge is -2.16. The van der Waals surface area contributed by atoms with Crippen LogP contribution in [0.1, 0.15) is 0 Å². The van der Waals surface area contributed by atoms with Gasteiger partial charge in [0.2, 0.25) is 0 Å². The van der Waals surface area contributed by atoms with Gasteiger partial charge in [0.05, 0.1) is 0 Å². The molecule has 0 heterocycles. The predicted molar refractivity (Wildman–Crippen MR) is 165 cm³/mol. The molecule has 0 aromatic heterocycles. The molecule has 0 unspecified atom stereocenters. The van der Waals surface area contributed by atoms with E-state index in [1.165, 1.54) is 86.9 Å². The average molecular weight is 479 g/mol. The van der Waals surface area contributed by atoms with Gasteiger partial charge >= 0.3 is 0 Å². The zero-order valence-electron chi connectivity index (χ0n) is 20.7. The van der Waals surface area contributed by atoms with Gasteiger partial charge < -0.3 is 0 Å². The van der Waals surface area contributed by atoms with Gasteiger partial charge in [-0.25, -0.2) is 0 Å². The van der Waals surface area contributed by atoms with Gasteiger partial charge in [-0.3, -0.25) is 0 Å². The standard InChI is InChI=1S/C38H22/c1-5-25-17-19-27-7-3-11-31-33(21-29(9-1)35(25)37(27)31)23-13-15-24(16-14-23)34-22-30-10-2-6-26-18-20-28-8-4-12-32(34)38(28)36(26)30/h1-22H. The molecule has 0 fully saturated rings. The van der Waals surface area contributed by atoms with Gasteiger partial charge in [-0.05, 0) is 99.0 Å². The first kappa shape index (κ1) is 20.2. The van der Waals surface area contributed by atoms with Crippen LogP contribution in [0.5, 0.6) is 0 Å². The summed E-state index contributed by atoms with van der Waals surface area (Å²) in [5, 5.41) is 15.9. The molecule has 0 aliphatic heterocycles. The fourth-order valence-corrected chi connectivity index (χ4v) is 6.83. The van der Waals surface area contributed by atoms with Crippen LogP contribution in [0.4, 0.5) is 0 Å². The lowest BCUT2D eigenvalue weighted by atomic mass is 9.87. The summed E-state index contributed by atoms with van der Waals surface area (Å²) in [6.07, 6.45) is 0. The van der Waals surface area contributed by atoms with E-state index in [1.807, 2.05) is 0 Å². The molecule has 0 N–H and O–H groups in total. The normalized spacial score (nSPS) is 12.2. The van der Waals surface area contributed by atoms with Crippen LogP contribution in [-0.2, 0) is 0 Å². The van der Waals surface area contributed by atoms with Crippen molar-refractivity contribution in [2.24, 2.45) is 0 Å². The lowest BCUT2D eigenvalue weighted by molar-refractivity contribution is 1.64. The Labute approximate surface area is 220 Å². The van der Waals surface area contributed by atoms with Crippen LogP contribution in [0.15, 0.2) is 133 Å². The van der Waals surface area contributed by atoms with E-state index in [0.717, 1.165) is 0 Å². The number of hydrogen-bond donors (Lipinski definition) is 0. The summed E-state index contributed by atoms with van der Waals surface area (Å²) in [4.78, 5) is 0. The van der Waals surface area contributed by atoms with Crippen LogP contribution >= 0.6 is 0 Å². The minimum absolute atomic E-state index is 1.25. The van der Waals surface area contributed by atoms with Gasteiger partial charge in [0.25, 0.3) is 0 Å². The highest BCUT2D eigenvalue weighted by Gasteiger charge is 2.15. The molecule has 0 atom stereocenters. The van der Waals surface area contributed by atoms with Crippen molar-refractivity contribution in [1.82, 2.24) is 0 Å². The first-order valence-corrected chi connectivity index (χ1v) is 13.3. The molecule has 38 heavy (non-hydrogen) atoms. The molecule has 0 saturated carbocycles. The second kappa shape index (κ2) is 7.31. The second-order valence-corrected chi connectivity index (χ2v) is 10.5. The van der Waals surface area contributed by atoms with Crippen molar-refractivity contribution < 1.29 is 0 Å². The largest absolute Gasteiger partial charge is 0.0610 e. The molecule has 0 nitrogen and oxygen atoms in total. The molecule has 0 radical (unpaired) electrons. The minimum Gasteiger partial charge on any atom is -0.0610 e. The number of rotatable bonds is 2. The Balaban J connectivity index is 1.28. The van der Waals surface area contributed by atoms with Crippen LogP contribution < -0.4 is 0 Å². The molecule has 9 aromatic rings. The summed E-state index contributed by atoms with van der Waals surface area (Å²) in [6.45, 7) is 0. The van der Waals surface area contributed by atoms with Crippen molar-refractivity contribution in [2.45, 2.75) is 0 Å². The molecule has 0 heteroatoms. The maximum absolute atomic E-state index is 2.37. The van der Waals surface area contributed by atoms with Crippen molar-refractivity contribution in [1.29, 1.82) is 0 Å². The fourth-order valence-electron chi connectivity index (χ4n) is 6.83. The molecule has 0 aliphatic carbocycles. The highest BCUT2D eigenvalue weighted by molar-refractivity contribution is 6.27. The molecule has 9 aromatic carbocycles. The molecular formula is C38H22. The molecule has 0 saturated heterocycles. The monoisotopic (exact) mass is 478 g/mol. The summed E-state index contributed by atoms with van der Waals surface area (Å²) in [5.74, 6) is 0. The highest BCUT2D eigenvalue weighted by atomic mass is 14.2. The Bertz CT molecular complexity index is 2150. The maximum atomic E-state index is 2.37. The van der Waals surface area contributed by atoms with Gasteiger partial charge in [0.1, 0.15) is 0 Å². The third-order valence-electron chi connectivity index (χ3n) is 8.52. The summed E-state index contributed by atoms with van der Waals surface area (Å²) < 4.78 is 0. The Morgan fingerprint density at radius 3 is 1.03 bits per heavy atom. The van der Waals surface area contributed by atoms with E-state index in [0.29, 0.717) is 0 Å². The zero-order chi connectivity index (χ0) is 24.8. The predicted octanol–water partition coefficient (Wildman–Crippen LogP) is 10.8. The van der Waals surface area contributed by atoms with Gasteiger partial charge in [0.15, 0.2) is 0 Å². The fraction of sp³-hybridized carbons (Fsp3) is 0. The molecule has 174 valence electrons. The summed E-state index contributed by atoms with van der Waals surface area (Å²) >= 11 is 0. The van der Waals surface area contributed by atoms with Crippen LogP contribution in [0.2, 0.25) is 0 Å². The van der Waals surface area contributed by atoms with Gasteiger partial charge in [0, 0.05) is 0 Å². The molecule has 0 aliphatic rings. The first-order chi connectivity index (χ1) is 18.8. The number of hydrogen-bond acceptors (Lipinski definition) is 0. The van der Waals surface area contributed by atoms with Crippen LogP contribution in [0.3, 0.4) is 0 Å². The Hall–Kier alpha value is -4.94. The quantitative estimate of drug-likeness (QED) is 0.217. The van der Waals surface area contributed by atoms with E-state index in [-0.39, 0.29) is 0 Å². The van der Waals surface area contributed by atoms with Crippen molar-refractivity contribution in [2.75, 3.05) is 0 Å². The van der Waals surface area contributed by atoms with Crippen molar-refractivity contribution in [3.8, 4) is 22.3 Å². The highest BCUT2D eigenvalue weighted by Crippen LogP contribution is 2.42. The van der Waals surface area contributed by atoms with Gasteiger partial charge in [-0.15, -0.1) is 0 Å². The second-order valence-electron chi connectivity index (χ2n) is 10.5. The van der Waals surface area contributed by atoms with E-state index in [4.69, 9.17) is 0 Å². The first-order valence-electron chi connectivity index (χ1n) is 13.3. The Kier molecular flexibility index (Phi) is 3.88. The van der Waals surface area contributed by atoms with E-state index in [9.17, 15) is 0 Å². The summed E-state index contributed by atoms with van der Waals surface area (Å²) in [5.41, 5.74) is 5.10. The number of benzene rings is 9. The van der Waals surface area contributed by atoms with Crippen LogP contribution in [0, 0.1) is 0 Å². The molecule has 9 rings (SSSR count). The van der Waals surface area contributed by atoms with Crippen molar-refractivity contribution in [3.63, 3.8) is 0 Å². The topological polar surface area (TPSA) is 0 Å². The Morgan fingerprint density at radius 1 is 0.263 bits per heavy atom. The SMILES string of the molecule is c1cc2ccc3cccc4c(-c5ccc(-c6cc7cccc8ccc9cccc6c9c87)cc5)cc(c1)c2c34. The van der Waals surface area contributed by atoms with Gasteiger partial charge in [-0.2, -0.15) is 0 Å². The summed E-state index contributed by atoms with van der Waals surface area (Å²) in [7, 11) is 0. The minimum atomic E-state index is 1.25. The van der Waals surface area contributed by atoms with Gasteiger partial charge in [-0.1, -0.05) is 121 Å². The van der Waals surface area contributed by atoms with Crippen LogP contribution in [0.25, 0.3) is 86.9 Å². The van der Waals surface area contributed by atoms with Crippen molar-refractivity contribution >= 4 is 64.6 Å². The lowest BCUT2D eigenvalue weighted by Crippen LogP contribution is -1.89. The molecule has 0 bridgehead atoms. The van der Waals surface area contributed by atoms with E-state index >= 15 is 0 Å². The zero-order valence-corrected chi connectivity index (χ0v) is 20.7. The Morgan fingerprint density at radius 2 is 0.605 bits per heavy atom. The molecule has 0 spiro atoms. The third-order valence-corrected chi connectivity index (χ3v) is 8.52. The van der Waals surface area contributed by atoms with E-state index in [2.05, 4.69) is 133 Å². The molecular weight excluding hydrogens is 456 g/mol. The van der Waals surface area contributed by atoms with E-state index in [1.54, 1.807) is 0 Å². The maximum Gasteiger partial charge on any atom is -0.00206 e. The van der Waals surface area contributed by atoms with E-state index < -0.39 is 0 Å². The van der Waals surface area contributed by atoms with Crippen molar-refractivity contribution in [3.05, 3.63) is 133 Å². The average Bonchev–Trinajstić information content (AvgIpc) is 2.98. The molecule has 0 amide bonds. The van der Waals surface area contributed by atoms with Crippen LogP contribution in [-0.4, -0.2) is 0 Å². The third kappa shape index (κ3) is 2.64.